The van der Waals surface area contributed by atoms with E-state index in [1.54, 1.807) is 0 Å². The molecule has 1 aliphatic rings. The highest BCUT2D eigenvalue weighted by Gasteiger charge is 2.45. The largest absolute Gasteiger partial charge is 0.396 e. The molecule has 0 bridgehead atoms. The maximum Gasteiger partial charge on any atom is 0.279 e. The molecule has 0 aromatic heterocycles. The second-order valence-corrected chi connectivity index (χ2v) is 7.00. The molecule has 0 spiro atoms. The normalized spacial score (nSPS) is 23.7. The first-order valence-electron chi connectivity index (χ1n) is 5.61. The minimum absolute atomic E-state index is 0.00944. The lowest BCUT2D eigenvalue weighted by atomic mass is 10.1. The highest BCUT2D eigenvalue weighted by atomic mass is 32.2. The Kier molecular flexibility index (Phi) is 4.34. The van der Waals surface area contributed by atoms with Crippen LogP contribution in [0.5, 0.6) is 0 Å². The van der Waals surface area contributed by atoms with Crippen molar-refractivity contribution in [1.29, 1.82) is 0 Å². The number of nitrogens with one attached hydrogen (secondary N) is 1. The van der Waals surface area contributed by atoms with Crippen LogP contribution in [-0.2, 0) is 10.2 Å². The van der Waals surface area contributed by atoms with E-state index in [0.29, 0.717) is 25.4 Å². The van der Waals surface area contributed by atoms with Crippen LogP contribution in [-0.4, -0.2) is 44.6 Å². The third-order valence-corrected chi connectivity index (χ3v) is 4.81. The van der Waals surface area contributed by atoms with E-state index in [4.69, 9.17) is 5.11 Å². The average molecular weight is 250 g/mol. The van der Waals surface area contributed by atoms with Gasteiger partial charge >= 0.3 is 0 Å². The maximum atomic E-state index is 11.7. The molecule has 0 aliphatic heterocycles. The van der Waals surface area contributed by atoms with Gasteiger partial charge in [-0.25, -0.2) is 4.72 Å². The Labute approximate surface area is 98.0 Å². The maximum absolute atomic E-state index is 11.7. The SMILES string of the molecule is CN(CCCO)S(=O)(=O)NCC1CC1(C)C. The Hall–Kier alpha value is -0.170. The van der Waals surface area contributed by atoms with Crippen LogP contribution < -0.4 is 4.72 Å². The van der Waals surface area contributed by atoms with Gasteiger partial charge in [-0.1, -0.05) is 13.8 Å². The highest BCUT2D eigenvalue weighted by molar-refractivity contribution is 7.87. The first-order valence-corrected chi connectivity index (χ1v) is 7.05. The van der Waals surface area contributed by atoms with Crippen LogP contribution in [0.15, 0.2) is 0 Å². The molecule has 2 N–H and O–H groups in total. The van der Waals surface area contributed by atoms with Crippen molar-refractivity contribution in [3.8, 4) is 0 Å². The number of aliphatic hydroxyl groups excluding tert-OH is 1. The van der Waals surface area contributed by atoms with Crippen molar-refractivity contribution in [3.63, 3.8) is 0 Å². The molecule has 0 radical (unpaired) electrons. The van der Waals surface area contributed by atoms with Crippen molar-refractivity contribution < 1.29 is 13.5 Å². The van der Waals surface area contributed by atoms with E-state index in [1.807, 2.05) is 0 Å². The van der Waals surface area contributed by atoms with E-state index in [0.717, 1.165) is 6.42 Å². The van der Waals surface area contributed by atoms with Gasteiger partial charge in [-0.3, -0.25) is 0 Å². The molecular formula is C10H22N2O3S. The van der Waals surface area contributed by atoms with Crippen molar-refractivity contribution >= 4 is 10.2 Å². The third-order valence-electron chi connectivity index (χ3n) is 3.27. The first kappa shape index (κ1) is 13.9. The van der Waals surface area contributed by atoms with Crippen LogP contribution in [0.25, 0.3) is 0 Å². The molecule has 1 unspecified atom stereocenters. The zero-order chi connectivity index (χ0) is 12.4. The number of hydrogen-bond acceptors (Lipinski definition) is 3. The fourth-order valence-electron chi connectivity index (χ4n) is 1.65. The Balaban J connectivity index is 2.34. The molecule has 0 saturated heterocycles. The molecule has 0 amide bonds. The topological polar surface area (TPSA) is 69.6 Å². The first-order chi connectivity index (χ1) is 7.29. The van der Waals surface area contributed by atoms with Gasteiger partial charge in [-0.05, 0) is 24.2 Å². The van der Waals surface area contributed by atoms with Gasteiger partial charge in [-0.2, -0.15) is 12.7 Å². The van der Waals surface area contributed by atoms with Gasteiger partial charge in [0, 0.05) is 26.7 Å². The van der Waals surface area contributed by atoms with Gasteiger partial charge in [0.2, 0.25) is 0 Å². The summed E-state index contributed by atoms with van der Waals surface area (Å²) in [6, 6.07) is 0. The summed E-state index contributed by atoms with van der Waals surface area (Å²) in [5, 5.41) is 8.64. The number of aliphatic hydroxyl groups is 1. The summed E-state index contributed by atoms with van der Waals surface area (Å²) < 4.78 is 27.3. The lowest BCUT2D eigenvalue weighted by Gasteiger charge is -2.17. The summed E-state index contributed by atoms with van der Waals surface area (Å²) in [5.41, 5.74) is 0.284. The molecule has 6 heteroatoms. The van der Waals surface area contributed by atoms with Crippen LogP contribution in [0.2, 0.25) is 0 Å². The van der Waals surface area contributed by atoms with Gasteiger partial charge in [0.1, 0.15) is 0 Å². The van der Waals surface area contributed by atoms with Gasteiger partial charge in [0.05, 0.1) is 0 Å². The van der Waals surface area contributed by atoms with Crippen molar-refractivity contribution in [2.75, 3.05) is 26.7 Å². The lowest BCUT2D eigenvalue weighted by molar-refractivity contribution is 0.275. The monoisotopic (exact) mass is 250 g/mol. The van der Waals surface area contributed by atoms with Crippen LogP contribution in [0.4, 0.5) is 0 Å². The van der Waals surface area contributed by atoms with Crippen LogP contribution in [0.1, 0.15) is 26.7 Å². The van der Waals surface area contributed by atoms with Crippen molar-refractivity contribution in [2.24, 2.45) is 11.3 Å². The van der Waals surface area contributed by atoms with E-state index >= 15 is 0 Å². The lowest BCUT2D eigenvalue weighted by Crippen LogP contribution is -2.40. The van der Waals surface area contributed by atoms with E-state index in [2.05, 4.69) is 18.6 Å². The Bertz CT molecular complexity index is 327. The van der Waals surface area contributed by atoms with Crippen LogP contribution in [0.3, 0.4) is 0 Å². The van der Waals surface area contributed by atoms with Gasteiger partial charge in [0.15, 0.2) is 0 Å². The summed E-state index contributed by atoms with van der Waals surface area (Å²) in [7, 11) is -1.84. The molecule has 1 fully saturated rings. The highest BCUT2D eigenvalue weighted by Crippen LogP contribution is 2.51. The Morgan fingerprint density at radius 1 is 1.50 bits per heavy atom. The third kappa shape index (κ3) is 3.69. The second kappa shape index (κ2) is 5.00. The van der Waals surface area contributed by atoms with E-state index < -0.39 is 10.2 Å². The molecule has 1 atom stereocenters. The number of nitrogens with zero attached hydrogens (tertiary/aromatic N) is 1. The molecule has 0 aromatic carbocycles. The molecule has 96 valence electrons. The van der Waals surface area contributed by atoms with Gasteiger partial charge < -0.3 is 5.11 Å². The molecule has 0 heterocycles. The van der Waals surface area contributed by atoms with Gasteiger partial charge in [0.25, 0.3) is 10.2 Å². The predicted octanol–water partition coefficient (Wildman–Crippen LogP) is 0.181. The zero-order valence-electron chi connectivity index (χ0n) is 10.2. The molecule has 5 nitrogen and oxygen atoms in total. The minimum Gasteiger partial charge on any atom is -0.396 e. The molecular weight excluding hydrogens is 228 g/mol. The molecule has 16 heavy (non-hydrogen) atoms. The quantitative estimate of drug-likeness (QED) is 0.677. The smallest absolute Gasteiger partial charge is 0.279 e. The summed E-state index contributed by atoms with van der Waals surface area (Å²) in [6.07, 6.45) is 1.54. The Morgan fingerprint density at radius 3 is 2.50 bits per heavy atom. The standard InChI is InChI=1S/C10H22N2O3S/c1-10(2)7-9(10)8-11-16(14,15)12(3)5-4-6-13/h9,11,13H,4-8H2,1-3H3. The zero-order valence-corrected chi connectivity index (χ0v) is 11.0. The van der Waals surface area contributed by atoms with Crippen LogP contribution >= 0.6 is 0 Å². The minimum atomic E-state index is -3.37. The molecule has 1 saturated carbocycles. The molecule has 0 aromatic rings. The number of rotatable bonds is 7. The van der Waals surface area contributed by atoms with Crippen molar-refractivity contribution in [2.45, 2.75) is 26.7 Å². The second-order valence-electron chi connectivity index (χ2n) is 5.14. The number of hydrogen-bond donors (Lipinski definition) is 2. The van der Waals surface area contributed by atoms with Crippen LogP contribution in [0, 0.1) is 11.3 Å². The van der Waals surface area contributed by atoms with E-state index in [1.165, 1.54) is 11.4 Å². The molecule has 1 aliphatic carbocycles. The summed E-state index contributed by atoms with van der Waals surface area (Å²) in [4.78, 5) is 0. The summed E-state index contributed by atoms with van der Waals surface area (Å²) in [6.45, 7) is 5.15. The summed E-state index contributed by atoms with van der Waals surface area (Å²) in [5.74, 6) is 0.452. The average Bonchev–Trinajstić information content (AvgIpc) is 2.80. The molecule has 1 rings (SSSR count). The Morgan fingerprint density at radius 2 is 2.06 bits per heavy atom. The van der Waals surface area contributed by atoms with Crippen molar-refractivity contribution in [1.82, 2.24) is 9.03 Å². The predicted molar refractivity (Wildman–Crippen MR) is 63.1 cm³/mol. The fourth-order valence-corrected chi connectivity index (χ4v) is 2.66. The van der Waals surface area contributed by atoms with E-state index in [-0.39, 0.29) is 12.0 Å². The van der Waals surface area contributed by atoms with Gasteiger partial charge in [-0.15, -0.1) is 0 Å². The van der Waals surface area contributed by atoms with Crippen molar-refractivity contribution in [3.05, 3.63) is 0 Å². The summed E-state index contributed by atoms with van der Waals surface area (Å²) >= 11 is 0. The fraction of sp³-hybridized carbons (Fsp3) is 1.00. The van der Waals surface area contributed by atoms with E-state index in [9.17, 15) is 8.42 Å².